The predicted molar refractivity (Wildman–Crippen MR) is 96.8 cm³/mol. The van der Waals surface area contributed by atoms with Crippen LogP contribution in [0, 0.1) is 0 Å². The van der Waals surface area contributed by atoms with Gasteiger partial charge in [0.2, 0.25) is 0 Å². The van der Waals surface area contributed by atoms with E-state index in [0.29, 0.717) is 18.2 Å². The van der Waals surface area contributed by atoms with E-state index in [2.05, 4.69) is 39.3 Å². The van der Waals surface area contributed by atoms with E-state index in [9.17, 15) is 4.79 Å². The lowest BCUT2D eigenvalue weighted by Crippen LogP contribution is -2.48. The Morgan fingerprint density at radius 3 is 2.40 bits per heavy atom. The number of nitrogens with zero attached hydrogens (tertiary/aromatic N) is 5. The summed E-state index contributed by atoms with van der Waals surface area (Å²) in [5.41, 5.74) is 1.61. The smallest absolute Gasteiger partial charge is 0.251 e. The van der Waals surface area contributed by atoms with Gasteiger partial charge in [0.1, 0.15) is 12.7 Å². The Hall–Kier alpha value is -2.25. The second-order valence-corrected chi connectivity index (χ2v) is 6.65. The minimum atomic E-state index is -0.0270. The first-order chi connectivity index (χ1) is 12.1. The number of benzene rings is 1. The lowest BCUT2D eigenvalue weighted by Gasteiger charge is -2.36. The van der Waals surface area contributed by atoms with Crippen LogP contribution in [-0.4, -0.2) is 76.3 Å². The molecule has 7 nitrogen and oxygen atoms in total. The van der Waals surface area contributed by atoms with Crippen LogP contribution in [-0.2, 0) is 0 Å². The Kier molecular flexibility index (Phi) is 5.78. The fraction of sp³-hybridized carbons (Fsp3) is 0.500. The number of carbonyl (C=O) groups excluding carboxylic acids is 1. The molecule has 1 aliphatic rings. The predicted octanol–water partition coefficient (Wildman–Crippen LogP) is 1.02. The Bertz CT molecular complexity index is 661. The average molecular weight is 342 g/mol. The molecule has 1 amide bonds. The molecular weight excluding hydrogens is 316 g/mol. The summed E-state index contributed by atoms with van der Waals surface area (Å²) in [5, 5.41) is 10.6. The summed E-state index contributed by atoms with van der Waals surface area (Å²) < 4.78 is 1.80. The van der Waals surface area contributed by atoms with Crippen molar-refractivity contribution >= 4 is 5.91 Å². The summed E-state index contributed by atoms with van der Waals surface area (Å²) in [5.74, 6) is -0.0270. The number of likely N-dealkylation sites (N-methyl/N-ethyl adjacent to an activating group) is 1. The molecule has 1 fully saturated rings. The van der Waals surface area contributed by atoms with Gasteiger partial charge in [-0.15, -0.1) is 10.2 Å². The van der Waals surface area contributed by atoms with Crippen LogP contribution in [0.2, 0.25) is 0 Å². The minimum absolute atomic E-state index is 0.0270. The van der Waals surface area contributed by atoms with Crippen LogP contribution >= 0.6 is 0 Å². The third kappa shape index (κ3) is 4.64. The van der Waals surface area contributed by atoms with Crippen LogP contribution in [0.15, 0.2) is 36.9 Å². The standard InChI is InChI=1S/C18H26N6O/c1-15(23-11-9-22(2)10-12-23)7-8-19-18(25)16-3-5-17(6-4-16)24-13-20-21-14-24/h3-6,13-15H,7-12H2,1-2H3,(H,19,25)/t15-/m1/s1. The van der Waals surface area contributed by atoms with Crippen molar-refractivity contribution in [1.82, 2.24) is 29.9 Å². The molecule has 3 rings (SSSR count). The molecule has 0 aliphatic carbocycles. The zero-order valence-corrected chi connectivity index (χ0v) is 14.9. The lowest BCUT2D eigenvalue weighted by atomic mass is 10.1. The lowest BCUT2D eigenvalue weighted by molar-refractivity contribution is 0.0935. The molecule has 2 aromatic rings. The van der Waals surface area contributed by atoms with Gasteiger partial charge in [0, 0.05) is 50.0 Å². The van der Waals surface area contributed by atoms with Crippen molar-refractivity contribution in [3.63, 3.8) is 0 Å². The van der Waals surface area contributed by atoms with Gasteiger partial charge in [-0.3, -0.25) is 14.3 Å². The molecule has 1 atom stereocenters. The fourth-order valence-electron chi connectivity index (χ4n) is 3.06. The minimum Gasteiger partial charge on any atom is -0.352 e. The molecule has 1 saturated heterocycles. The molecule has 1 aromatic carbocycles. The molecule has 1 aliphatic heterocycles. The second kappa shape index (κ2) is 8.22. The Balaban J connectivity index is 1.44. The molecule has 0 saturated carbocycles. The van der Waals surface area contributed by atoms with E-state index in [1.54, 1.807) is 17.2 Å². The Morgan fingerprint density at radius 2 is 1.76 bits per heavy atom. The molecule has 25 heavy (non-hydrogen) atoms. The summed E-state index contributed by atoms with van der Waals surface area (Å²) in [7, 11) is 2.16. The van der Waals surface area contributed by atoms with E-state index in [1.165, 1.54) is 0 Å². The zero-order valence-electron chi connectivity index (χ0n) is 14.9. The van der Waals surface area contributed by atoms with Crippen LogP contribution in [0.1, 0.15) is 23.7 Å². The van der Waals surface area contributed by atoms with E-state index >= 15 is 0 Å². The fourth-order valence-corrected chi connectivity index (χ4v) is 3.06. The monoisotopic (exact) mass is 342 g/mol. The van der Waals surface area contributed by atoms with Gasteiger partial charge in [0.05, 0.1) is 0 Å². The van der Waals surface area contributed by atoms with Gasteiger partial charge in [-0.05, 0) is 44.7 Å². The van der Waals surface area contributed by atoms with Gasteiger partial charge in [0.15, 0.2) is 0 Å². The third-order valence-electron chi connectivity index (χ3n) is 4.86. The highest BCUT2D eigenvalue weighted by atomic mass is 16.1. The van der Waals surface area contributed by atoms with Crippen molar-refractivity contribution in [2.45, 2.75) is 19.4 Å². The first kappa shape index (κ1) is 17.6. The summed E-state index contributed by atoms with van der Waals surface area (Å²) in [6.07, 6.45) is 4.23. The van der Waals surface area contributed by atoms with E-state index in [1.807, 2.05) is 24.3 Å². The summed E-state index contributed by atoms with van der Waals surface area (Å²) >= 11 is 0. The van der Waals surface area contributed by atoms with Crippen LogP contribution in [0.3, 0.4) is 0 Å². The van der Waals surface area contributed by atoms with Crippen molar-refractivity contribution < 1.29 is 4.79 Å². The molecule has 0 bridgehead atoms. The van der Waals surface area contributed by atoms with Crippen molar-refractivity contribution in [1.29, 1.82) is 0 Å². The van der Waals surface area contributed by atoms with E-state index < -0.39 is 0 Å². The normalized spacial score (nSPS) is 17.4. The molecule has 134 valence electrons. The van der Waals surface area contributed by atoms with Crippen LogP contribution in [0.25, 0.3) is 5.69 Å². The van der Waals surface area contributed by atoms with Crippen LogP contribution in [0.4, 0.5) is 0 Å². The van der Waals surface area contributed by atoms with Crippen LogP contribution in [0.5, 0.6) is 0 Å². The SMILES string of the molecule is C[C@H](CCNC(=O)c1ccc(-n2cnnc2)cc1)N1CCN(C)CC1. The molecule has 0 spiro atoms. The molecule has 1 N–H and O–H groups in total. The van der Waals surface area contributed by atoms with Crippen molar-refractivity contribution in [2.75, 3.05) is 39.8 Å². The molecule has 0 unspecified atom stereocenters. The van der Waals surface area contributed by atoms with Gasteiger partial charge < -0.3 is 10.2 Å². The molecule has 7 heteroatoms. The molecule has 0 radical (unpaired) electrons. The highest BCUT2D eigenvalue weighted by molar-refractivity contribution is 5.94. The summed E-state index contributed by atoms with van der Waals surface area (Å²) in [6, 6.07) is 7.93. The first-order valence-corrected chi connectivity index (χ1v) is 8.79. The third-order valence-corrected chi connectivity index (χ3v) is 4.86. The Morgan fingerprint density at radius 1 is 1.12 bits per heavy atom. The second-order valence-electron chi connectivity index (χ2n) is 6.65. The molecule has 1 aromatic heterocycles. The zero-order chi connectivity index (χ0) is 17.6. The largest absolute Gasteiger partial charge is 0.352 e. The van der Waals surface area contributed by atoms with Gasteiger partial charge in [-0.1, -0.05) is 0 Å². The van der Waals surface area contributed by atoms with Crippen molar-refractivity contribution in [3.8, 4) is 5.69 Å². The number of nitrogens with one attached hydrogen (secondary N) is 1. The van der Waals surface area contributed by atoms with E-state index in [4.69, 9.17) is 0 Å². The number of rotatable bonds is 6. The first-order valence-electron chi connectivity index (χ1n) is 8.79. The van der Waals surface area contributed by atoms with Crippen molar-refractivity contribution in [2.24, 2.45) is 0 Å². The van der Waals surface area contributed by atoms with Crippen LogP contribution < -0.4 is 5.32 Å². The highest BCUT2D eigenvalue weighted by Crippen LogP contribution is 2.10. The number of aromatic nitrogens is 3. The number of amides is 1. The maximum atomic E-state index is 12.3. The van der Waals surface area contributed by atoms with Crippen molar-refractivity contribution in [3.05, 3.63) is 42.5 Å². The number of piperazine rings is 1. The number of hydrogen-bond acceptors (Lipinski definition) is 5. The highest BCUT2D eigenvalue weighted by Gasteiger charge is 2.18. The topological polar surface area (TPSA) is 66.3 Å². The Labute approximate surface area is 148 Å². The number of hydrogen-bond donors (Lipinski definition) is 1. The maximum Gasteiger partial charge on any atom is 0.251 e. The summed E-state index contributed by atoms with van der Waals surface area (Å²) in [6.45, 7) is 7.39. The van der Waals surface area contributed by atoms with E-state index in [0.717, 1.165) is 38.3 Å². The average Bonchev–Trinajstić information content (AvgIpc) is 3.17. The van der Waals surface area contributed by atoms with Gasteiger partial charge in [0.25, 0.3) is 5.91 Å². The van der Waals surface area contributed by atoms with Gasteiger partial charge in [-0.2, -0.15) is 0 Å². The quantitative estimate of drug-likeness (QED) is 0.849. The molecule has 2 heterocycles. The maximum absolute atomic E-state index is 12.3. The van der Waals surface area contributed by atoms with Gasteiger partial charge >= 0.3 is 0 Å². The van der Waals surface area contributed by atoms with E-state index in [-0.39, 0.29) is 5.91 Å². The van der Waals surface area contributed by atoms with Gasteiger partial charge in [-0.25, -0.2) is 0 Å². The molecular formula is C18H26N6O. The summed E-state index contributed by atoms with van der Waals surface area (Å²) in [4.78, 5) is 17.1. The number of carbonyl (C=O) groups is 1.